The summed E-state index contributed by atoms with van der Waals surface area (Å²) in [4.78, 5) is 34.7. The number of hydrogen-bond acceptors (Lipinski definition) is 6. The van der Waals surface area contributed by atoms with Gasteiger partial charge in [0.05, 0.1) is 20.1 Å². The van der Waals surface area contributed by atoms with Gasteiger partial charge in [0, 0.05) is 28.4 Å². The smallest absolute Gasteiger partial charge is 0.271 e. The van der Waals surface area contributed by atoms with Crippen molar-refractivity contribution in [2.24, 2.45) is 5.10 Å². The first-order valence-electron chi connectivity index (χ1n) is 9.89. The molecule has 0 aliphatic rings. The highest BCUT2D eigenvalue weighted by Crippen LogP contribution is 2.34. The Morgan fingerprint density at radius 1 is 1.14 bits per heavy atom. The van der Waals surface area contributed by atoms with E-state index in [0.29, 0.717) is 31.0 Å². The molecule has 0 atom stereocenters. The van der Waals surface area contributed by atoms with Crippen molar-refractivity contribution in [1.29, 1.82) is 0 Å². The van der Waals surface area contributed by atoms with Crippen LogP contribution in [0, 0.1) is 17.0 Å². The lowest BCUT2D eigenvalue weighted by Crippen LogP contribution is -2.20. The summed E-state index contributed by atoms with van der Waals surface area (Å²) in [7, 11) is 0. The lowest BCUT2D eigenvalue weighted by atomic mass is 10.2. The van der Waals surface area contributed by atoms with Gasteiger partial charge in [0.1, 0.15) is 5.75 Å². The van der Waals surface area contributed by atoms with Gasteiger partial charge >= 0.3 is 0 Å². The van der Waals surface area contributed by atoms with Crippen molar-refractivity contribution in [3.05, 3.63) is 95.4 Å². The number of nitrogens with one attached hydrogen (secondary N) is 2. The molecule has 0 spiro atoms. The highest BCUT2D eigenvalue weighted by Gasteiger charge is 2.13. The number of carbonyl (C=O) groups is 2. The van der Waals surface area contributed by atoms with E-state index in [9.17, 15) is 19.7 Å². The first-order chi connectivity index (χ1) is 16.6. The van der Waals surface area contributed by atoms with Crippen molar-refractivity contribution >= 4 is 72.9 Å². The second kappa shape index (κ2) is 11.9. The van der Waals surface area contributed by atoms with Gasteiger partial charge in [-0.15, -0.1) is 0 Å². The standard InChI is InChI=1S/C23H17Br2ClN4O5/c1-13-5-6-16(10-20(13)26)28-21(31)12-35-22-18(24)7-14(8-19(22)25)11-27-29-23(32)15-3-2-4-17(9-15)30(33)34/h2-11H,12H2,1H3,(H,28,31)(H,29,32)/b27-11+. The molecule has 12 heteroatoms. The predicted molar refractivity (Wildman–Crippen MR) is 140 cm³/mol. The number of rotatable bonds is 8. The van der Waals surface area contributed by atoms with Gasteiger partial charge in [0.15, 0.2) is 6.61 Å². The van der Waals surface area contributed by atoms with Crippen LogP contribution in [0.3, 0.4) is 0 Å². The Labute approximate surface area is 221 Å². The van der Waals surface area contributed by atoms with Gasteiger partial charge in [-0.05, 0) is 80.2 Å². The highest BCUT2D eigenvalue weighted by atomic mass is 79.9. The molecule has 0 heterocycles. The van der Waals surface area contributed by atoms with E-state index in [0.717, 1.165) is 11.6 Å². The van der Waals surface area contributed by atoms with Gasteiger partial charge in [0.2, 0.25) is 0 Å². The van der Waals surface area contributed by atoms with Gasteiger partial charge in [-0.2, -0.15) is 5.10 Å². The zero-order valence-corrected chi connectivity index (χ0v) is 22.0. The van der Waals surface area contributed by atoms with E-state index in [1.54, 1.807) is 30.3 Å². The molecule has 0 aliphatic heterocycles. The average molecular weight is 625 g/mol. The van der Waals surface area contributed by atoms with Crippen molar-refractivity contribution in [3.63, 3.8) is 0 Å². The van der Waals surface area contributed by atoms with Crippen LogP contribution in [0.15, 0.2) is 68.6 Å². The van der Waals surface area contributed by atoms with E-state index in [1.807, 2.05) is 6.92 Å². The Kier molecular flexibility index (Phi) is 8.96. The maximum absolute atomic E-state index is 12.2. The molecule has 0 radical (unpaired) electrons. The lowest BCUT2D eigenvalue weighted by Gasteiger charge is -2.12. The summed E-state index contributed by atoms with van der Waals surface area (Å²) < 4.78 is 6.73. The largest absolute Gasteiger partial charge is 0.481 e. The van der Waals surface area contributed by atoms with Crippen LogP contribution >= 0.6 is 43.5 Å². The van der Waals surface area contributed by atoms with Crippen molar-refractivity contribution in [3.8, 4) is 5.75 Å². The van der Waals surface area contributed by atoms with Crippen molar-refractivity contribution in [2.75, 3.05) is 11.9 Å². The third-order valence-electron chi connectivity index (χ3n) is 4.52. The van der Waals surface area contributed by atoms with E-state index in [2.05, 4.69) is 47.7 Å². The minimum Gasteiger partial charge on any atom is -0.481 e. The molecule has 0 fully saturated rings. The van der Waals surface area contributed by atoms with E-state index in [-0.39, 0.29) is 23.8 Å². The highest BCUT2D eigenvalue weighted by molar-refractivity contribution is 9.11. The van der Waals surface area contributed by atoms with Gasteiger partial charge in [-0.3, -0.25) is 19.7 Å². The number of hydrogen-bond donors (Lipinski definition) is 2. The van der Waals surface area contributed by atoms with E-state index >= 15 is 0 Å². The Hall–Kier alpha value is -3.28. The fraction of sp³-hybridized carbons (Fsp3) is 0.0870. The first-order valence-corrected chi connectivity index (χ1v) is 11.9. The molecule has 2 amide bonds. The zero-order valence-electron chi connectivity index (χ0n) is 18.1. The molecule has 0 aromatic heterocycles. The molecule has 9 nitrogen and oxygen atoms in total. The zero-order chi connectivity index (χ0) is 25.5. The maximum atomic E-state index is 12.2. The minimum atomic E-state index is -0.594. The summed E-state index contributed by atoms with van der Waals surface area (Å²) in [6.07, 6.45) is 1.39. The number of nitro benzene ring substituents is 1. The van der Waals surface area contributed by atoms with E-state index in [1.165, 1.54) is 24.4 Å². The van der Waals surface area contributed by atoms with E-state index < -0.39 is 10.8 Å². The molecule has 3 aromatic rings. The molecule has 35 heavy (non-hydrogen) atoms. The molecular formula is C23H17Br2ClN4O5. The monoisotopic (exact) mass is 622 g/mol. The number of nitro groups is 1. The average Bonchev–Trinajstić information content (AvgIpc) is 2.81. The maximum Gasteiger partial charge on any atom is 0.271 e. The van der Waals surface area contributed by atoms with Gasteiger partial charge < -0.3 is 10.1 Å². The predicted octanol–water partition coefficient (Wildman–Crippen LogP) is 5.86. The molecule has 3 aromatic carbocycles. The molecule has 0 saturated carbocycles. The summed E-state index contributed by atoms with van der Waals surface area (Å²) in [5, 5.41) is 18.0. The summed E-state index contributed by atoms with van der Waals surface area (Å²) in [5.41, 5.74) is 4.30. The number of halogens is 3. The third-order valence-corrected chi connectivity index (χ3v) is 6.11. The Morgan fingerprint density at radius 3 is 2.51 bits per heavy atom. The SMILES string of the molecule is Cc1ccc(NC(=O)COc2c(Br)cc(/C=N/NC(=O)c3cccc([N+](=O)[O-])c3)cc2Br)cc1Cl. The van der Waals surface area contributed by atoms with Crippen molar-refractivity contribution in [1.82, 2.24) is 5.43 Å². The van der Waals surface area contributed by atoms with Crippen LogP contribution in [0.2, 0.25) is 5.02 Å². The normalized spacial score (nSPS) is 10.7. The van der Waals surface area contributed by atoms with Crippen LogP contribution in [-0.4, -0.2) is 29.6 Å². The molecule has 2 N–H and O–H groups in total. The van der Waals surface area contributed by atoms with Gasteiger partial charge in [0.25, 0.3) is 17.5 Å². The summed E-state index contributed by atoms with van der Waals surface area (Å²) in [5.74, 6) is -0.554. The number of nitrogens with zero attached hydrogens (tertiary/aromatic N) is 2. The van der Waals surface area contributed by atoms with Gasteiger partial charge in [-0.1, -0.05) is 23.7 Å². The summed E-state index contributed by atoms with van der Waals surface area (Å²) in [6.45, 7) is 1.63. The van der Waals surface area contributed by atoms with Crippen LogP contribution in [0.5, 0.6) is 5.75 Å². The molecule has 0 bridgehead atoms. The minimum absolute atomic E-state index is 0.105. The summed E-state index contributed by atoms with van der Waals surface area (Å²) >= 11 is 12.9. The topological polar surface area (TPSA) is 123 Å². The number of non-ortho nitro benzene ring substituents is 1. The number of amides is 2. The molecule has 180 valence electrons. The fourth-order valence-corrected chi connectivity index (χ4v) is 4.42. The molecule has 0 saturated heterocycles. The number of anilines is 1. The quantitative estimate of drug-likeness (QED) is 0.185. The first kappa shape index (κ1) is 26.3. The van der Waals surface area contributed by atoms with Gasteiger partial charge in [-0.25, -0.2) is 5.43 Å². The molecular weight excluding hydrogens is 608 g/mol. The Bertz CT molecular complexity index is 1310. The Balaban J connectivity index is 1.59. The fourth-order valence-electron chi connectivity index (χ4n) is 2.79. The molecule has 3 rings (SSSR count). The van der Waals surface area contributed by atoms with Crippen LogP contribution < -0.4 is 15.5 Å². The van der Waals surface area contributed by atoms with Crippen molar-refractivity contribution in [2.45, 2.75) is 6.92 Å². The van der Waals surface area contributed by atoms with Crippen LogP contribution in [0.25, 0.3) is 0 Å². The molecule has 0 aliphatic carbocycles. The summed E-state index contributed by atoms with van der Waals surface area (Å²) in [6, 6.07) is 13.9. The number of aryl methyl sites for hydroxylation is 1. The number of carbonyl (C=O) groups excluding carboxylic acids is 2. The van der Waals surface area contributed by atoms with Crippen LogP contribution in [0.4, 0.5) is 11.4 Å². The molecule has 0 unspecified atom stereocenters. The second-order valence-corrected chi connectivity index (χ2v) is 9.24. The lowest BCUT2D eigenvalue weighted by molar-refractivity contribution is -0.384. The second-order valence-electron chi connectivity index (χ2n) is 7.12. The number of hydrazone groups is 1. The van der Waals surface area contributed by atoms with E-state index in [4.69, 9.17) is 16.3 Å². The Morgan fingerprint density at radius 2 is 1.86 bits per heavy atom. The van der Waals surface area contributed by atoms with Crippen molar-refractivity contribution < 1.29 is 19.2 Å². The third kappa shape index (κ3) is 7.35. The number of benzene rings is 3. The number of ether oxygens (including phenoxy) is 1. The van der Waals surface area contributed by atoms with Crippen LogP contribution in [0.1, 0.15) is 21.5 Å². The van der Waals surface area contributed by atoms with Crippen LogP contribution in [-0.2, 0) is 4.79 Å².